The van der Waals surface area contributed by atoms with Crippen LogP contribution in [0.25, 0.3) is 0 Å². The minimum Gasteiger partial charge on any atom is -0.302 e. The van der Waals surface area contributed by atoms with Crippen LogP contribution in [0, 0.1) is 0 Å². The summed E-state index contributed by atoms with van der Waals surface area (Å²) >= 11 is 0. The number of benzene rings is 1. The normalized spacial score (nSPS) is 25.5. The molecule has 0 bridgehead atoms. The Hall–Kier alpha value is -0.650. The number of phosphoric ester groups is 1. The van der Waals surface area contributed by atoms with Crippen LogP contribution in [0.5, 0.6) is 0 Å². The van der Waals surface area contributed by atoms with Crippen molar-refractivity contribution < 1.29 is 32.9 Å². The fourth-order valence-corrected chi connectivity index (χ4v) is 4.29. The molecule has 1 aliphatic rings. The van der Waals surface area contributed by atoms with Crippen LogP contribution in [0.3, 0.4) is 0 Å². The molecule has 0 aromatic heterocycles. The van der Waals surface area contributed by atoms with Crippen molar-refractivity contribution in [2.24, 2.45) is 0 Å². The molecule has 9 heteroatoms. The summed E-state index contributed by atoms with van der Waals surface area (Å²) in [6.07, 6.45) is 3.29. The number of hydrogen-bond donors (Lipinski definition) is 3. The molecule has 0 radical (unpaired) electrons. The van der Waals surface area contributed by atoms with E-state index in [2.05, 4.69) is 26.8 Å². The lowest BCUT2D eigenvalue weighted by molar-refractivity contribution is -0.227. The zero-order valence-corrected chi connectivity index (χ0v) is 16.1. The van der Waals surface area contributed by atoms with Gasteiger partial charge in [-0.3, -0.25) is 0 Å². The Bertz CT molecular complexity index is 631. The van der Waals surface area contributed by atoms with Gasteiger partial charge in [0.15, 0.2) is 0 Å². The van der Waals surface area contributed by atoms with Crippen LogP contribution in [-0.4, -0.2) is 14.7 Å². The van der Waals surface area contributed by atoms with Crippen molar-refractivity contribution in [3.8, 4) is 0 Å². The Kier molecular flexibility index (Phi) is 7.70. The third-order valence-electron chi connectivity index (χ3n) is 4.02. The maximum Gasteiger partial charge on any atom is 0.692 e. The molecular formula is C15H25O7P2+. The molecule has 7 nitrogen and oxygen atoms in total. The Morgan fingerprint density at radius 3 is 1.88 bits per heavy atom. The molecule has 0 atom stereocenters. The smallest absolute Gasteiger partial charge is 0.302 e. The molecule has 1 aromatic carbocycles. The number of aryl methyl sites for hydroxylation is 1. The first-order chi connectivity index (χ1) is 11.2. The highest BCUT2D eigenvalue weighted by Gasteiger charge is 2.56. The average molecular weight is 379 g/mol. The SMILES string of the molecule is CCc1ccc(C2(CC)OP(=O)(O)O2)c(CC)c1CC.O=[P+](O)O. The van der Waals surface area contributed by atoms with Crippen molar-refractivity contribution in [3.05, 3.63) is 34.4 Å². The molecule has 0 spiro atoms. The van der Waals surface area contributed by atoms with Crippen LogP contribution in [0.4, 0.5) is 0 Å². The van der Waals surface area contributed by atoms with Crippen LogP contribution in [0.15, 0.2) is 12.1 Å². The number of hydrogen-bond acceptors (Lipinski definition) is 4. The van der Waals surface area contributed by atoms with Gasteiger partial charge in [-0.15, -0.1) is 9.79 Å². The predicted octanol–water partition coefficient (Wildman–Crippen LogP) is 3.71. The van der Waals surface area contributed by atoms with Crippen LogP contribution in [0.2, 0.25) is 0 Å². The van der Waals surface area contributed by atoms with E-state index in [0.717, 1.165) is 24.8 Å². The fraction of sp³-hybridized carbons (Fsp3) is 0.600. The van der Waals surface area contributed by atoms with E-state index in [1.807, 2.05) is 13.0 Å². The first-order valence-corrected chi connectivity index (χ1v) is 10.6. The molecule has 1 aliphatic heterocycles. The molecule has 0 saturated carbocycles. The van der Waals surface area contributed by atoms with Gasteiger partial charge in [0.05, 0.1) is 0 Å². The first-order valence-electron chi connectivity index (χ1n) is 7.89. The van der Waals surface area contributed by atoms with Gasteiger partial charge in [0.2, 0.25) is 5.79 Å². The molecule has 3 N–H and O–H groups in total. The summed E-state index contributed by atoms with van der Waals surface area (Å²) in [5.74, 6) is -1.05. The van der Waals surface area contributed by atoms with E-state index >= 15 is 0 Å². The second-order valence-corrected chi connectivity index (χ2v) is 7.11. The maximum atomic E-state index is 11.4. The van der Waals surface area contributed by atoms with E-state index in [0.29, 0.717) is 6.42 Å². The van der Waals surface area contributed by atoms with Crippen molar-refractivity contribution in [1.82, 2.24) is 0 Å². The second-order valence-electron chi connectivity index (χ2n) is 5.30. The monoisotopic (exact) mass is 379 g/mol. The van der Waals surface area contributed by atoms with E-state index in [1.54, 1.807) is 0 Å². The summed E-state index contributed by atoms with van der Waals surface area (Å²) in [6.45, 7) is 8.27. The van der Waals surface area contributed by atoms with Crippen LogP contribution >= 0.6 is 16.1 Å². The van der Waals surface area contributed by atoms with Crippen LogP contribution in [0.1, 0.15) is 56.4 Å². The molecule has 24 heavy (non-hydrogen) atoms. The summed E-state index contributed by atoms with van der Waals surface area (Å²) in [6, 6.07) is 4.07. The zero-order valence-electron chi connectivity index (χ0n) is 14.4. The van der Waals surface area contributed by atoms with E-state index in [1.165, 1.54) is 16.7 Å². The van der Waals surface area contributed by atoms with Gasteiger partial charge in [0.1, 0.15) is 0 Å². The topological polar surface area (TPSA) is 113 Å². The third kappa shape index (κ3) is 4.70. The fourth-order valence-electron chi connectivity index (χ4n) is 3.07. The van der Waals surface area contributed by atoms with Gasteiger partial charge >= 0.3 is 16.1 Å². The highest BCUT2D eigenvalue weighted by Crippen LogP contribution is 2.66. The first kappa shape index (κ1) is 21.4. The lowest BCUT2D eigenvalue weighted by Crippen LogP contribution is -2.40. The molecular weight excluding hydrogens is 354 g/mol. The highest BCUT2D eigenvalue weighted by molar-refractivity contribution is 7.48. The predicted molar refractivity (Wildman–Crippen MR) is 90.6 cm³/mol. The maximum absolute atomic E-state index is 11.4. The Morgan fingerprint density at radius 1 is 1.04 bits per heavy atom. The van der Waals surface area contributed by atoms with Gasteiger partial charge < -0.3 is 4.89 Å². The molecule has 0 unspecified atom stereocenters. The summed E-state index contributed by atoms with van der Waals surface area (Å²) in [7, 11) is -6.71. The van der Waals surface area contributed by atoms with E-state index in [4.69, 9.17) is 23.4 Å². The standard InChI is InChI=1S/C15H23O4P.HO3P/c1-5-11-9-10-14(13(7-3)12(11)6-2)15(8-4)18-20(16,17)19-15;1-4(2)3/h9-10H,5-8H2,1-4H3,(H,16,17);(H-,1,2,3)/p+1. The van der Waals surface area contributed by atoms with Crippen molar-refractivity contribution in [2.75, 3.05) is 0 Å². The van der Waals surface area contributed by atoms with Gasteiger partial charge in [-0.1, -0.05) is 39.8 Å². The molecule has 0 amide bonds. The second kappa shape index (κ2) is 8.63. The number of phosphoric acid groups is 1. The molecule has 0 aliphatic carbocycles. The van der Waals surface area contributed by atoms with Gasteiger partial charge in [-0.05, 0) is 36.0 Å². The summed E-state index contributed by atoms with van der Waals surface area (Å²) in [5, 5.41) is 0. The Morgan fingerprint density at radius 2 is 1.54 bits per heavy atom. The molecule has 1 aromatic rings. The Balaban J connectivity index is 0.000000648. The van der Waals surface area contributed by atoms with Gasteiger partial charge in [0.25, 0.3) is 0 Å². The van der Waals surface area contributed by atoms with Crippen molar-refractivity contribution in [2.45, 2.75) is 59.2 Å². The van der Waals surface area contributed by atoms with Crippen molar-refractivity contribution in [1.29, 1.82) is 0 Å². The van der Waals surface area contributed by atoms with Crippen LogP contribution < -0.4 is 0 Å². The lowest BCUT2D eigenvalue weighted by atomic mass is 9.87. The van der Waals surface area contributed by atoms with E-state index < -0.39 is 21.9 Å². The minimum absolute atomic E-state index is 0.513. The molecule has 1 fully saturated rings. The average Bonchev–Trinajstić information content (AvgIpc) is 2.49. The van der Waals surface area contributed by atoms with Gasteiger partial charge in [-0.2, -0.15) is 0 Å². The van der Waals surface area contributed by atoms with Gasteiger partial charge in [-0.25, -0.2) is 13.6 Å². The molecule has 2 rings (SSSR count). The molecule has 1 saturated heterocycles. The van der Waals surface area contributed by atoms with Gasteiger partial charge in [0, 0.05) is 16.5 Å². The van der Waals surface area contributed by atoms with E-state index in [-0.39, 0.29) is 0 Å². The summed E-state index contributed by atoms with van der Waals surface area (Å²) < 4.78 is 30.6. The zero-order chi connectivity index (χ0) is 18.5. The largest absolute Gasteiger partial charge is 0.692 e. The molecule has 1 heterocycles. The lowest BCUT2D eigenvalue weighted by Gasteiger charge is -2.44. The van der Waals surface area contributed by atoms with Crippen molar-refractivity contribution in [3.63, 3.8) is 0 Å². The summed E-state index contributed by atoms with van der Waals surface area (Å²) in [4.78, 5) is 23.6. The summed E-state index contributed by atoms with van der Waals surface area (Å²) in [5.41, 5.74) is 4.73. The van der Waals surface area contributed by atoms with Crippen molar-refractivity contribution >= 4 is 16.1 Å². The molecule has 136 valence electrons. The van der Waals surface area contributed by atoms with E-state index in [9.17, 15) is 9.46 Å². The quantitative estimate of drug-likeness (QED) is 0.668. The van der Waals surface area contributed by atoms with Crippen LogP contribution in [-0.2, 0) is 43.2 Å². The number of rotatable bonds is 5. The third-order valence-corrected chi connectivity index (χ3v) is 5.07. The highest BCUT2D eigenvalue weighted by atomic mass is 31.2. The Labute approximate surface area is 143 Å². The minimum atomic E-state index is -3.84.